The molecule has 0 fully saturated rings. The molecule has 0 aliphatic heterocycles. The van der Waals surface area contributed by atoms with Gasteiger partial charge >= 0.3 is 0 Å². The van der Waals surface area contributed by atoms with Crippen molar-refractivity contribution in [1.29, 1.82) is 0 Å². The van der Waals surface area contributed by atoms with Gasteiger partial charge in [0.05, 0.1) is 11.7 Å². The van der Waals surface area contributed by atoms with Crippen LogP contribution < -0.4 is 4.72 Å². The quantitative estimate of drug-likeness (QED) is 0.631. The molecule has 1 heterocycles. The van der Waals surface area contributed by atoms with E-state index in [1.165, 1.54) is 0 Å². The zero-order valence-electron chi connectivity index (χ0n) is 6.52. The summed E-state index contributed by atoms with van der Waals surface area (Å²) in [5, 5.41) is 7.51. The number of rotatable bonds is 2. The Balaban J connectivity index is 2.42. The van der Waals surface area contributed by atoms with Crippen LogP contribution in [0, 0.1) is 0 Å². The molecule has 6 heteroatoms. The predicted octanol–water partition coefficient (Wildman–Crippen LogP) is 1.11. The van der Waals surface area contributed by atoms with Gasteiger partial charge in [-0.2, -0.15) is 5.10 Å². The van der Waals surface area contributed by atoms with Crippen molar-refractivity contribution in [2.75, 3.05) is 4.72 Å². The molecule has 5 nitrogen and oxygen atoms in total. The standard InChI is InChI=1S/C7H7N3O2S/c11-13(12)10-6-1-2-7-5(3-6)4-8-9-7/h1-4,10H,(H,8,9)(H,11,12). The van der Waals surface area contributed by atoms with Crippen LogP contribution in [0.4, 0.5) is 5.69 Å². The summed E-state index contributed by atoms with van der Waals surface area (Å²) in [5.74, 6) is 0. The van der Waals surface area contributed by atoms with Crippen molar-refractivity contribution >= 4 is 27.9 Å². The number of benzene rings is 1. The lowest BCUT2D eigenvalue weighted by Gasteiger charge is -1.99. The number of anilines is 1. The van der Waals surface area contributed by atoms with Crippen LogP contribution in [-0.2, 0) is 11.3 Å². The van der Waals surface area contributed by atoms with E-state index >= 15 is 0 Å². The average Bonchev–Trinajstić information content (AvgIpc) is 2.49. The van der Waals surface area contributed by atoms with Gasteiger partial charge in [-0.15, -0.1) is 0 Å². The molecule has 1 aromatic carbocycles. The van der Waals surface area contributed by atoms with Gasteiger partial charge in [0.25, 0.3) is 11.3 Å². The number of aromatic amines is 1. The summed E-state index contributed by atoms with van der Waals surface area (Å²) in [6.45, 7) is 0. The molecule has 2 rings (SSSR count). The highest BCUT2D eigenvalue weighted by atomic mass is 32.2. The minimum atomic E-state index is -2.03. The van der Waals surface area contributed by atoms with Gasteiger partial charge in [-0.25, -0.2) is 4.21 Å². The van der Waals surface area contributed by atoms with Crippen LogP contribution in [0.3, 0.4) is 0 Å². The van der Waals surface area contributed by atoms with Gasteiger partial charge in [0.15, 0.2) is 0 Å². The lowest BCUT2D eigenvalue weighted by molar-refractivity contribution is 0.570. The maximum atomic E-state index is 10.4. The fourth-order valence-corrected chi connectivity index (χ4v) is 1.44. The fraction of sp³-hybridized carbons (Fsp3) is 0. The second-order valence-corrected chi connectivity index (χ2v) is 3.23. The van der Waals surface area contributed by atoms with Crippen LogP contribution in [-0.4, -0.2) is 19.0 Å². The van der Waals surface area contributed by atoms with Crippen molar-refractivity contribution in [2.45, 2.75) is 0 Å². The van der Waals surface area contributed by atoms with E-state index < -0.39 is 11.3 Å². The molecule has 13 heavy (non-hydrogen) atoms. The summed E-state index contributed by atoms with van der Waals surface area (Å²) in [6, 6.07) is 5.24. The molecule has 0 aliphatic carbocycles. The van der Waals surface area contributed by atoms with E-state index in [0.717, 1.165) is 10.9 Å². The SMILES string of the molecule is O=S(O)Nc1ccc2[nH]ncc2c1. The lowest BCUT2D eigenvalue weighted by Crippen LogP contribution is -2.01. The van der Waals surface area contributed by atoms with Gasteiger partial charge in [0, 0.05) is 11.1 Å². The largest absolute Gasteiger partial charge is 0.289 e. The van der Waals surface area contributed by atoms with Crippen LogP contribution in [0.2, 0.25) is 0 Å². The van der Waals surface area contributed by atoms with Gasteiger partial charge < -0.3 is 0 Å². The summed E-state index contributed by atoms with van der Waals surface area (Å²) < 4.78 is 21.4. The van der Waals surface area contributed by atoms with Gasteiger partial charge in [0.1, 0.15) is 0 Å². The summed E-state index contributed by atoms with van der Waals surface area (Å²) in [7, 11) is 0. The van der Waals surface area contributed by atoms with E-state index in [-0.39, 0.29) is 0 Å². The fourth-order valence-electron chi connectivity index (χ4n) is 1.11. The van der Waals surface area contributed by atoms with E-state index in [9.17, 15) is 4.21 Å². The zero-order valence-corrected chi connectivity index (χ0v) is 7.34. The third-order valence-electron chi connectivity index (χ3n) is 1.65. The number of nitrogens with zero attached hydrogens (tertiary/aromatic N) is 1. The Morgan fingerprint density at radius 3 is 3.15 bits per heavy atom. The maximum absolute atomic E-state index is 10.4. The Labute approximate surface area is 76.6 Å². The van der Waals surface area contributed by atoms with Gasteiger partial charge in [-0.1, -0.05) is 0 Å². The van der Waals surface area contributed by atoms with Crippen molar-refractivity contribution in [3.05, 3.63) is 24.4 Å². The molecule has 0 amide bonds. The Hall–Kier alpha value is -1.40. The Bertz CT molecular complexity index is 454. The molecular weight excluding hydrogens is 190 g/mol. The van der Waals surface area contributed by atoms with E-state index in [2.05, 4.69) is 14.9 Å². The van der Waals surface area contributed by atoms with Crippen LogP contribution in [0.5, 0.6) is 0 Å². The first-order valence-corrected chi connectivity index (χ1v) is 4.67. The number of hydrogen-bond acceptors (Lipinski definition) is 2. The van der Waals surface area contributed by atoms with Crippen molar-refractivity contribution in [1.82, 2.24) is 10.2 Å². The molecule has 0 spiro atoms. The minimum Gasteiger partial charge on any atom is -0.289 e. The Morgan fingerprint density at radius 2 is 2.38 bits per heavy atom. The van der Waals surface area contributed by atoms with Crippen LogP contribution in [0.25, 0.3) is 10.9 Å². The molecule has 1 aromatic heterocycles. The second-order valence-electron chi connectivity index (χ2n) is 2.52. The number of H-pyrrole nitrogens is 1. The van der Waals surface area contributed by atoms with Crippen molar-refractivity contribution in [3.8, 4) is 0 Å². The van der Waals surface area contributed by atoms with E-state index in [4.69, 9.17) is 4.55 Å². The Morgan fingerprint density at radius 1 is 1.54 bits per heavy atom. The molecular formula is C7H7N3O2S. The Kier molecular flexibility index (Phi) is 1.99. The first-order valence-electron chi connectivity index (χ1n) is 3.56. The van der Waals surface area contributed by atoms with Gasteiger partial charge in [0.2, 0.25) is 0 Å². The lowest BCUT2D eigenvalue weighted by atomic mass is 10.2. The molecule has 3 N–H and O–H groups in total. The highest BCUT2D eigenvalue weighted by Gasteiger charge is 1.98. The molecule has 0 saturated heterocycles. The topological polar surface area (TPSA) is 78.0 Å². The van der Waals surface area contributed by atoms with E-state index in [1.54, 1.807) is 24.4 Å². The molecule has 68 valence electrons. The number of hydrogen-bond donors (Lipinski definition) is 3. The first kappa shape index (κ1) is 8.21. The van der Waals surface area contributed by atoms with Crippen molar-refractivity contribution in [2.24, 2.45) is 0 Å². The van der Waals surface area contributed by atoms with Crippen LogP contribution in [0.1, 0.15) is 0 Å². The van der Waals surface area contributed by atoms with Crippen molar-refractivity contribution < 1.29 is 8.76 Å². The molecule has 2 aromatic rings. The third kappa shape index (κ3) is 1.68. The average molecular weight is 197 g/mol. The molecule has 1 atom stereocenters. The van der Waals surface area contributed by atoms with Crippen LogP contribution >= 0.6 is 0 Å². The second kappa shape index (κ2) is 3.15. The highest BCUT2D eigenvalue weighted by Crippen LogP contribution is 2.16. The third-order valence-corrected chi connectivity index (χ3v) is 2.06. The molecule has 0 bridgehead atoms. The number of fused-ring (bicyclic) bond motifs is 1. The summed E-state index contributed by atoms with van der Waals surface area (Å²) in [4.78, 5) is 0. The maximum Gasteiger partial charge on any atom is 0.259 e. The normalized spacial score (nSPS) is 13.0. The summed E-state index contributed by atoms with van der Waals surface area (Å²) in [5.41, 5.74) is 1.49. The number of aromatic nitrogens is 2. The molecule has 0 saturated carbocycles. The zero-order chi connectivity index (χ0) is 9.26. The molecule has 1 unspecified atom stereocenters. The van der Waals surface area contributed by atoms with Gasteiger partial charge in [-0.3, -0.25) is 14.4 Å². The highest BCUT2D eigenvalue weighted by molar-refractivity contribution is 7.80. The smallest absolute Gasteiger partial charge is 0.259 e. The van der Waals surface area contributed by atoms with Gasteiger partial charge in [-0.05, 0) is 18.2 Å². The van der Waals surface area contributed by atoms with Crippen molar-refractivity contribution in [3.63, 3.8) is 0 Å². The summed E-state index contributed by atoms with van der Waals surface area (Å²) in [6.07, 6.45) is 1.65. The predicted molar refractivity (Wildman–Crippen MR) is 50.5 cm³/mol. The molecule has 0 aliphatic rings. The summed E-state index contributed by atoms with van der Waals surface area (Å²) >= 11 is -2.03. The molecule has 0 radical (unpaired) electrons. The van der Waals surface area contributed by atoms with Crippen LogP contribution in [0.15, 0.2) is 24.4 Å². The van der Waals surface area contributed by atoms with E-state index in [0.29, 0.717) is 5.69 Å². The minimum absolute atomic E-state index is 0.592. The van der Waals surface area contributed by atoms with E-state index in [1.807, 2.05) is 0 Å². The number of nitrogens with one attached hydrogen (secondary N) is 2. The first-order chi connectivity index (χ1) is 6.25. The monoisotopic (exact) mass is 197 g/mol.